The lowest BCUT2D eigenvalue weighted by atomic mass is 10.2. The van der Waals surface area contributed by atoms with Gasteiger partial charge in [0.1, 0.15) is 18.3 Å². The van der Waals surface area contributed by atoms with Gasteiger partial charge in [-0.1, -0.05) is 0 Å². The Morgan fingerprint density at radius 1 is 1.65 bits per heavy atom. The minimum atomic E-state index is -2.11. The Bertz CT molecular complexity index is 513. The number of nitrogen functional groups attached to an aromatic ring is 1. The first-order chi connectivity index (χ1) is 9.51. The number of hydrogen-bond donors (Lipinski definition) is 4. The number of rotatable bonds is 5. The molecule has 4 atom stereocenters. The van der Waals surface area contributed by atoms with E-state index in [2.05, 4.69) is 9.66 Å². The molecule has 10 nitrogen and oxygen atoms in total. The van der Waals surface area contributed by atoms with Crippen LogP contribution in [0.4, 0.5) is 5.82 Å². The Balaban J connectivity index is 2.02. The average Bonchev–Trinajstić information content (AvgIpc) is 2.77. The minimum absolute atomic E-state index is 0.0239. The van der Waals surface area contributed by atoms with Crippen LogP contribution in [0, 0.1) is 0 Å². The van der Waals surface area contributed by atoms with Crippen LogP contribution in [0.3, 0.4) is 0 Å². The van der Waals surface area contributed by atoms with Crippen LogP contribution in [-0.4, -0.2) is 43.4 Å². The molecule has 11 heteroatoms. The van der Waals surface area contributed by atoms with E-state index in [0.29, 0.717) is 0 Å². The number of ether oxygens (including phenoxy) is 1. The molecule has 0 aromatic carbocycles. The second kappa shape index (κ2) is 6.55. The second-order valence-electron chi connectivity index (χ2n) is 3.97. The minimum Gasteiger partial charge on any atom is -0.388 e. The average molecular weight is 307 g/mol. The van der Waals surface area contributed by atoms with Gasteiger partial charge in [-0.25, -0.2) is 4.79 Å². The van der Waals surface area contributed by atoms with Crippen molar-refractivity contribution >= 4 is 14.2 Å². The van der Waals surface area contributed by atoms with E-state index in [-0.39, 0.29) is 12.2 Å². The molecule has 0 amide bonds. The molecule has 0 radical (unpaired) electrons. The Morgan fingerprint density at radius 2 is 2.40 bits per heavy atom. The van der Waals surface area contributed by atoms with Crippen LogP contribution in [0.2, 0.25) is 0 Å². The smallest absolute Gasteiger partial charge is 0.351 e. The fraction of sp³-hybridized carbons (Fsp3) is 0.556. The zero-order chi connectivity index (χ0) is 14.7. The zero-order valence-electron chi connectivity index (χ0n) is 10.2. The molecule has 0 spiro atoms. The van der Waals surface area contributed by atoms with E-state index in [4.69, 9.17) is 25.4 Å². The summed E-state index contributed by atoms with van der Waals surface area (Å²) < 4.78 is 10.8. The highest BCUT2D eigenvalue weighted by atomic mass is 31.2. The third-order valence-corrected chi connectivity index (χ3v) is 3.04. The molecule has 1 aromatic heterocycles. The first-order valence-electron chi connectivity index (χ1n) is 5.60. The lowest BCUT2D eigenvalue weighted by molar-refractivity contribution is -0.318. The molecule has 0 aliphatic carbocycles. The summed E-state index contributed by atoms with van der Waals surface area (Å²) in [4.78, 5) is 28.9. The molecule has 1 fully saturated rings. The first-order valence-corrected chi connectivity index (χ1v) is 7.00. The van der Waals surface area contributed by atoms with E-state index in [1.807, 2.05) is 0 Å². The first kappa shape index (κ1) is 15.3. The summed E-state index contributed by atoms with van der Waals surface area (Å²) in [5.41, 5.74) is 4.69. The number of anilines is 1. The fourth-order valence-electron chi connectivity index (χ4n) is 1.67. The maximum atomic E-state index is 11.6. The molecule has 1 aliphatic rings. The Labute approximate surface area is 114 Å². The lowest BCUT2D eigenvalue weighted by Crippen LogP contribution is -2.31. The van der Waals surface area contributed by atoms with Crippen molar-refractivity contribution in [1.82, 2.24) is 9.55 Å². The normalized spacial score (nSPS) is 27.6. The van der Waals surface area contributed by atoms with Crippen molar-refractivity contribution in [3.8, 4) is 0 Å². The van der Waals surface area contributed by atoms with Gasteiger partial charge in [-0.3, -0.25) is 4.57 Å². The largest absolute Gasteiger partial charge is 0.388 e. The molecule has 0 bridgehead atoms. The summed E-state index contributed by atoms with van der Waals surface area (Å²) in [6.45, 7) is 0. The van der Waals surface area contributed by atoms with Crippen molar-refractivity contribution in [2.45, 2.75) is 25.0 Å². The van der Waals surface area contributed by atoms with E-state index in [1.165, 1.54) is 12.3 Å². The van der Waals surface area contributed by atoms with Gasteiger partial charge in [0.05, 0.1) is 0 Å². The molecule has 2 unspecified atom stereocenters. The number of aliphatic hydroxyl groups excluding tert-OH is 2. The van der Waals surface area contributed by atoms with Gasteiger partial charge in [0, 0.05) is 12.6 Å². The number of nitrogens with two attached hydrogens (primary N) is 1. The highest BCUT2D eigenvalue weighted by molar-refractivity contribution is 7.45. The van der Waals surface area contributed by atoms with Gasteiger partial charge in [-0.15, -0.1) is 0 Å². The molecule has 5 N–H and O–H groups in total. The van der Waals surface area contributed by atoms with Crippen molar-refractivity contribution in [3.05, 3.63) is 22.7 Å². The van der Waals surface area contributed by atoms with Gasteiger partial charge in [0.2, 0.25) is 8.38 Å². The maximum Gasteiger partial charge on any atom is 0.351 e. The molecule has 0 saturated carbocycles. The molecule has 1 saturated heterocycles. The molecule has 2 heterocycles. The third kappa shape index (κ3) is 3.49. The number of hydrogen-bond acceptors (Lipinski definition) is 9. The van der Waals surface area contributed by atoms with Crippen molar-refractivity contribution in [2.75, 3.05) is 12.1 Å². The summed E-state index contributed by atoms with van der Waals surface area (Å²) in [5.74, 6) is 0.0590. The van der Waals surface area contributed by atoms with Gasteiger partial charge >= 0.3 is 5.69 Å². The summed E-state index contributed by atoms with van der Waals surface area (Å²) in [6, 6.07) is 1.39. The maximum absolute atomic E-state index is 11.6. The zero-order valence-corrected chi connectivity index (χ0v) is 11.1. The van der Waals surface area contributed by atoms with Crippen molar-refractivity contribution in [2.24, 2.45) is 0 Å². The van der Waals surface area contributed by atoms with Gasteiger partial charge in [0.15, 0.2) is 12.5 Å². The van der Waals surface area contributed by atoms with Gasteiger partial charge in [0.25, 0.3) is 0 Å². The highest BCUT2D eigenvalue weighted by Gasteiger charge is 2.37. The van der Waals surface area contributed by atoms with E-state index in [0.717, 1.165) is 4.57 Å². The Morgan fingerprint density at radius 3 is 3.05 bits per heavy atom. The van der Waals surface area contributed by atoms with E-state index < -0.39 is 39.0 Å². The monoisotopic (exact) mass is 307 g/mol. The molecule has 2 rings (SSSR count). The highest BCUT2D eigenvalue weighted by Crippen LogP contribution is 2.34. The van der Waals surface area contributed by atoms with Crippen LogP contribution in [0.15, 0.2) is 17.1 Å². The van der Waals surface area contributed by atoms with Gasteiger partial charge in [-0.2, -0.15) is 14.5 Å². The molecular weight excluding hydrogens is 293 g/mol. The molecule has 1 aliphatic heterocycles. The molecular formula is C9H14N3O7P. The van der Waals surface area contributed by atoms with Gasteiger partial charge in [-0.05, 0) is 6.07 Å². The topological polar surface area (TPSA) is 149 Å². The van der Waals surface area contributed by atoms with E-state index in [9.17, 15) is 9.90 Å². The van der Waals surface area contributed by atoms with Crippen molar-refractivity contribution < 1.29 is 29.4 Å². The molecule has 20 heavy (non-hydrogen) atoms. The van der Waals surface area contributed by atoms with Crippen molar-refractivity contribution in [1.29, 1.82) is 0 Å². The van der Waals surface area contributed by atoms with Crippen LogP contribution in [0.1, 0.15) is 12.6 Å². The molecule has 112 valence electrons. The van der Waals surface area contributed by atoms with Crippen LogP contribution >= 0.6 is 8.38 Å². The quantitative estimate of drug-likeness (QED) is 0.293. The Hall–Kier alpha value is -1.13. The van der Waals surface area contributed by atoms with Crippen LogP contribution in [0.25, 0.3) is 0 Å². The van der Waals surface area contributed by atoms with Crippen LogP contribution < -0.4 is 11.4 Å². The SMILES string of the molecule is Nc1ccn([C@@H]2O[C@H](OOP(O)CO)CC2O)c(=O)n1. The summed E-state index contributed by atoms with van der Waals surface area (Å²) in [7, 11) is -2.11. The standard InChI is InChI=1S/C9H14N3O7P/c10-6-1-2-12(9(15)11-6)8-5(14)3-7(17-8)18-19-20(16)4-13/h1-2,5,7-8,13-14,16H,3-4H2,(H2,10,11,15)/t5?,7-,8-,20?/m1/s1. The van der Waals surface area contributed by atoms with Crippen LogP contribution in [-0.2, 0) is 14.3 Å². The number of nitrogens with zero attached hydrogens (tertiary/aromatic N) is 2. The third-order valence-electron chi connectivity index (χ3n) is 2.54. The summed E-state index contributed by atoms with van der Waals surface area (Å²) in [5, 5.41) is 18.4. The molecule has 1 aromatic rings. The lowest BCUT2D eigenvalue weighted by Gasteiger charge is -2.17. The van der Waals surface area contributed by atoms with E-state index >= 15 is 0 Å². The summed E-state index contributed by atoms with van der Waals surface area (Å²) >= 11 is 0. The predicted molar refractivity (Wildman–Crippen MR) is 65.8 cm³/mol. The predicted octanol–water partition coefficient (Wildman–Crippen LogP) is -1.37. The fourth-order valence-corrected chi connectivity index (χ4v) is 1.91. The summed E-state index contributed by atoms with van der Waals surface area (Å²) in [6.07, 6.45) is -2.22. The Kier molecular flexibility index (Phi) is 5.00. The van der Waals surface area contributed by atoms with Crippen LogP contribution in [0.5, 0.6) is 0 Å². The van der Waals surface area contributed by atoms with E-state index in [1.54, 1.807) is 0 Å². The van der Waals surface area contributed by atoms with Gasteiger partial charge < -0.3 is 25.6 Å². The van der Waals surface area contributed by atoms with Crippen molar-refractivity contribution in [3.63, 3.8) is 0 Å². The number of aromatic nitrogens is 2. The second-order valence-corrected chi connectivity index (χ2v) is 5.10. The number of aliphatic hydroxyl groups is 2.